The maximum Gasteiger partial charge on any atom is 0.351 e. The molecule has 1 atom stereocenters. The standard InChI is InChI=1S/C10H14ClNO2S2/c1-4-6(2)5-15-10-12-8(11)7(16-10)9(13)14-3/h6H,4-5H2,1-3H3. The van der Waals surface area contributed by atoms with Crippen LogP contribution in [0, 0.1) is 5.92 Å². The van der Waals surface area contributed by atoms with E-state index in [0.29, 0.717) is 10.8 Å². The summed E-state index contributed by atoms with van der Waals surface area (Å²) in [6.45, 7) is 4.34. The highest BCUT2D eigenvalue weighted by Crippen LogP contribution is 2.31. The fourth-order valence-electron chi connectivity index (χ4n) is 0.895. The van der Waals surface area contributed by atoms with Crippen molar-refractivity contribution in [2.24, 2.45) is 5.92 Å². The van der Waals surface area contributed by atoms with Crippen molar-refractivity contribution in [1.82, 2.24) is 4.98 Å². The van der Waals surface area contributed by atoms with Crippen LogP contribution in [-0.2, 0) is 4.74 Å². The third-order valence-electron chi connectivity index (χ3n) is 2.13. The van der Waals surface area contributed by atoms with E-state index in [2.05, 4.69) is 23.6 Å². The second kappa shape index (κ2) is 6.47. The van der Waals surface area contributed by atoms with Gasteiger partial charge in [-0.2, -0.15) is 0 Å². The molecule has 6 heteroatoms. The van der Waals surface area contributed by atoms with Crippen molar-refractivity contribution in [3.8, 4) is 0 Å². The van der Waals surface area contributed by atoms with E-state index in [1.165, 1.54) is 18.4 Å². The first-order valence-corrected chi connectivity index (χ1v) is 7.13. The van der Waals surface area contributed by atoms with Crippen molar-refractivity contribution in [3.63, 3.8) is 0 Å². The van der Waals surface area contributed by atoms with E-state index in [9.17, 15) is 4.79 Å². The lowest BCUT2D eigenvalue weighted by atomic mass is 10.2. The molecule has 0 aliphatic carbocycles. The number of hydrogen-bond donors (Lipinski definition) is 0. The average Bonchev–Trinajstić information content (AvgIpc) is 2.66. The molecule has 0 saturated carbocycles. The van der Waals surface area contributed by atoms with Gasteiger partial charge < -0.3 is 4.74 Å². The zero-order valence-electron chi connectivity index (χ0n) is 9.45. The highest BCUT2D eigenvalue weighted by molar-refractivity contribution is 8.01. The molecule has 0 saturated heterocycles. The first kappa shape index (κ1) is 13.8. The van der Waals surface area contributed by atoms with Gasteiger partial charge in [0.05, 0.1) is 7.11 Å². The van der Waals surface area contributed by atoms with Crippen LogP contribution in [0.5, 0.6) is 0 Å². The summed E-state index contributed by atoms with van der Waals surface area (Å²) in [6, 6.07) is 0. The van der Waals surface area contributed by atoms with Gasteiger partial charge in [-0.15, -0.1) is 0 Å². The molecule has 0 fully saturated rings. The van der Waals surface area contributed by atoms with Gasteiger partial charge in [-0.3, -0.25) is 0 Å². The lowest BCUT2D eigenvalue weighted by Crippen LogP contribution is -1.98. The Morgan fingerprint density at radius 3 is 2.94 bits per heavy atom. The normalized spacial score (nSPS) is 12.5. The van der Waals surface area contributed by atoms with Crippen LogP contribution in [0.1, 0.15) is 29.9 Å². The van der Waals surface area contributed by atoms with Gasteiger partial charge in [0, 0.05) is 5.75 Å². The van der Waals surface area contributed by atoms with Gasteiger partial charge in [0.1, 0.15) is 0 Å². The Bertz CT molecular complexity index is 368. The Balaban J connectivity index is 2.66. The van der Waals surface area contributed by atoms with E-state index in [-0.39, 0.29) is 5.15 Å². The number of halogens is 1. The first-order chi connectivity index (χ1) is 7.58. The summed E-state index contributed by atoms with van der Waals surface area (Å²) in [5.41, 5.74) is 0. The summed E-state index contributed by atoms with van der Waals surface area (Å²) >= 11 is 8.77. The molecule has 90 valence electrons. The Morgan fingerprint density at radius 1 is 1.69 bits per heavy atom. The number of ether oxygens (including phenoxy) is 1. The van der Waals surface area contributed by atoms with E-state index in [0.717, 1.165) is 16.5 Å². The molecule has 0 aromatic carbocycles. The number of nitrogens with zero attached hydrogens (tertiary/aromatic N) is 1. The zero-order chi connectivity index (χ0) is 12.1. The van der Waals surface area contributed by atoms with Crippen LogP contribution >= 0.6 is 34.7 Å². The third-order valence-corrected chi connectivity index (χ3v) is 5.02. The fraction of sp³-hybridized carbons (Fsp3) is 0.600. The van der Waals surface area contributed by atoms with Crippen molar-refractivity contribution in [1.29, 1.82) is 0 Å². The molecule has 16 heavy (non-hydrogen) atoms. The van der Waals surface area contributed by atoms with E-state index in [1.54, 1.807) is 11.8 Å². The molecular weight excluding hydrogens is 266 g/mol. The predicted molar refractivity (Wildman–Crippen MR) is 68.6 cm³/mol. The highest BCUT2D eigenvalue weighted by Gasteiger charge is 2.17. The van der Waals surface area contributed by atoms with Crippen LogP contribution < -0.4 is 0 Å². The summed E-state index contributed by atoms with van der Waals surface area (Å²) in [4.78, 5) is 15.8. The maximum atomic E-state index is 11.3. The molecule has 3 nitrogen and oxygen atoms in total. The van der Waals surface area contributed by atoms with Gasteiger partial charge in [0.25, 0.3) is 0 Å². The summed E-state index contributed by atoms with van der Waals surface area (Å²) in [7, 11) is 1.34. The second-order valence-corrected chi connectivity index (χ2v) is 6.04. The molecule has 1 aromatic heterocycles. The lowest BCUT2D eigenvalue weighted by Gasteiger charge is -2.04. The minimum Gasteiger partial charge on any atom is -0.465 e. The molecule has 1 unspecified atom stereocenters. The number of carbonyl (C=O) groups is 1. The Labute approximate surface area is 109 Å². The molecule has 0 amide bonds. The topological polar surface area (TPSA) is 39.2 Å². The minimum atomic E-state index is -0.419. The molecule has 0 aliphatic heterocycles. The van der Waals surface area contributed by atoms with E-state index >= 15 is 0 Å². The first-order valence-electron chi connectivity index (χ1n) is 4.95. The number of thioether (sulfide) groups is 1. The number of carbonyl (C=O) groups excluding carboxylic acids is 1. The van der Waals surface area contributed by atoms with E-state index < -0.39 is 5.97 Å². The predicted octanol–water partition coefficient (Wildman–Crippen LogP) is 3.72. The van der Waals surface area contributed by atoms with Gasteiger partial charge in [0.2, 0.25) is 0 Å². The smallest absolute Gasteiger partial charge is 0.351 e. The molecule has 0 aliphatic rings. The Hall–Kier alpha value is -0.260. The third kappa shape index (κ3) is 3.64. The van der Waals surface area contributed by atoms with Crippen molar-refractivity contribution >= 4 is 40.7 Å². The molecule has 1 heterocycles. The molecule has 1 rings (SSSR count). The van der Waals surface area contributed by atoms with Crippen LogP contribution in [0.2, 0.25) is 5.15 Å². The van der Waals surface area contributed by atoms with Crippen LogP contribution in [0.4, 0.5) is 0 Å². The van der Waals surface area contributed by atoms with Gasteiger partial charge in [-0.25, -0.2) is 9.78 Å². The van der Waals surface area contributed by atoms with Crippen LogP contribution in [0.25, 0.3) is 0 Å². The number of thiazole rings is 1. The number of methoxy groups -OCH3 is 1. The summed E-state index contributed by atoms with van der Waals surface area (Å²) < 4.78 is 5.44. The largest absolute Gasteiger partial charge is 0.465 e. The molecular formula is C10H14ClNO2S2. The molecule has 0 spiro atoms. The summed E-state index contributed by atoms with van der Waals surface area (Å²) in [5.74, 6) is 1.20. The van der Waals surface area contributed by atoms with Crippen molar-refractivity contribution in [2.75, 3.05) is 12.9 Å². The fourth-order valence-corrected chi connectivity index (χ4v) is 3.39. The van der Waals surface area contributed by atoms with Gasteiger partial charge in [-0.05, 0) is 5.92 Å². The number of hydrogen-bond acceptors (Lipinski definition) is 5. The maximum absolute atomic E-state index is 11.3. The number of esters is 1. The Kier molecular flexibility index (Phi) is 5.58. The molecule has 1 aromatic rings. The zero-order valence-corrected chi connectivity index (χ0v) is 11.8. The number of rotatable bonds is 5. The average molecular weight is 280 g/mol. The minimum absolute atomic E-state index is 0.239. The molecule has 0 N–H and O–H groups in total. The molecule has 0 bridgehead atoms. The number of aromatic nitrogens is 1. The van der Waals surface area contributed by atoms with E-state index in [1.807, 2.05) is 0 Å². The van der Waals surface area contributed by atoms with Crippen molar-refractivity contribution in [3.05, 3.63) is 10.0 Å². The molecule has 0 radical (unpaired) electrons. The van der Waals surface area contributed by atoms with Gasteiger partial charge in [-0.1, -0.05) is 55.0 Å². The van der Waals surface area contributed by atoms with Gasteiger partial charge >= 0.3 is 5.97 Å². The quantitative estimate of drug-likeness (QED) is 0.608. The highest BCUT2D eigenvalue weighted by atomic mass is 35.5. The van der Waals surface area contributed by atoms with Crippen molar-refractivity contribution < 1.29 is 9.53 Å². The summed E-state index contributed by atoms with van der Waals surface area (Å²) in [6.07, 6.45) is 1.13. The van der Waals surface area contributed by atoms with Gasteiger partial charge in [0.15, 0.2) is 14.4 Å². The monoisotopic (exact) mass is 279 g/mol. The lowest BCUT2D eigenvalue weighted by molar-refractivity contribution is 0.0606. The summed E-state index contributed by atoms with van der Waals surface area (Å²) in [5, 5.41) is 0.239. The van der Waals surface area contributed by atoms with Crippen LogP contribution in [0.15, 0.2) is 4.34 Å². The van der Waals surface area contributed by atoms with Crippen molar-refractivity contribution in [2.45, 2.75) is 24.6 Å². The van der Waals surface area contributed by atoms with Crippen LogP contribution in [-0.4, -0.2) is 23.8 Å². The van der Waals surface area contributed by atoms with Crippen LogP contribution in [0.3, 0.4) is 0 Å². The Morgan fingerprint density at radius 2 is 2.38 bits per heavy atom. The van der Waals surface area contributed by atoms with E-state index in [4.69, 9.17) is 11.6 Å². The second-order valence-electron chi connectivity index (χ2n) is 3.42. The SMILES string of the molecule is CCC(C)CSc1nc(Cl)c(C(=O)OC)s1.